The second-order valence-corrected chi connectivity index (χ2v) is 6.41. The molecule has 2 N–H and O–H groups in total. The van der Waals surface area contributed by atoms with E-state index in [0.717, 1.165) is 18.7 Å². The summed E-state index contributed by atoms with van der Waals surface area (Å²) in [5.74, 6) is 1.71. The number of rotatable bonds is 7. The van der Waals surface area contributed by atoms with Crippen molar-refractivity contribution in [2.75, 3.05) is 12.3 Å². The van der Waals surface area contributed by atoms with Crippen molar-refractivity contribution < 1.29 is 0 Å². The standard InChI is InChI=1S/C18H23NS/c1-15-7-9-16(10-8-15)13-17(14-19)11-12-20-18-5-3-2-4-6-18/h2-10,17H,11-14,19H2,1H3. The van der Waals surface area contributed by atoms with Gasteiger partial charge in [-0.1, -0.05) is 48.0 Å². The van der Waals surface area contributed by atoms with Crippen molar-refractivity contribution in [2.45, 2.75) is 24.7 Å². The fourth-order valence-electron chi connectivity index (χ4n) is 2.22. The summed E-state index contributed by atoms with van der Waals surface area (Å²) in [7, 11) is 0. The maximum Gasteiger partial charge on any atom is 0.00719 e. The van der Waals surface area contributed by atoms with Crippen LogP contribution < -0.4 is 5.73 Å². The van der Waals surface area contributed by atoms with Gasteiger partial charge < -0.3 is 5.73 Å². The highest BCUT2D eigenvalue weighted by molar-refractivity contribution is 7.99. The third-order valence-corrected chi connectivity index (χ3v) is 4.56. The van der Waals surface area contributed by atoms with E-state index in [2.05, 4.69) is 61.5 Å². The first-order chi connectivity index (χ1) is 9.78. The molecule has 1 unspecified atom stereocenters. The van der Waals surface area contributed by atoms with Gasteiger partial charge in [0.2, 0.25) is 0 Å². The van der Waals surface area contributed by atoms with Gasteiger partial charge in [-0.15, -0.1) is 11.8 Å². The molecule has 0 bridgehead atoms. The summed E-state index contributed by atoms with van der Waals surface area (Å²) < 4.78 is 0. The van der Waals surface area contributed by atoms with Crippen LogP contribution >= 0.6 is 11.8 Å². The first-order valence-electron chi connectivity index (χ1n) is 7.21. The molecule has 0 aromatic heterocycles. The van der Waals surface area contributed by atoms with E-state index in [-0.39, 0.29) is 0 Å². The van der Waals surface area contributed by atoms with Crippen molar-refractivity contribution >= 4 is 11.8 Å². The van der Waals surface area contributed by atoms with Gasteiger partial charge in [-0.05, 0) is 55.7 Å². The van der Waals surface area contributed by atoms with Crippen LogP contribution in [0.25, 0.3) is 0 Å². The summed E-state index contributed by atoms with van der Waals surface area (Å²) in [4.78, 5) is 1.35. The summed E-state index contributed by atoms with van der Waals surface area (Å²) >= 11 is 1.92. The molecule has 1 nitrogen and oxygen atoms in total. The summed E-state index contributed by atoms with van der Waals surface area (Å²) in [5.41, 5.74) is 8.64. The van der Waals surface area contributed by atoms with E-state index in [4.69, 9.17) is 5.73 Å². The topological polar surface area (TPSA) is 26.0 Å². The van der Waals surface area contributed by atoms with Gasteiger partial charge in [-0.25, -0.2) is 0 Å². The molecule has 0 fully saturated rings. The third-order valence-electron chi connectivity index (χ3n) is 3.52. The Morgan fingerprint density at radius 3 is 2.35 bits per heavy atom. The molecular weight excluding hydrogens is 262 g/mol. The van der Waals surface area contributed by atoms with E-state index >= 15 is 0 Å². The van der Waals surface area contributed by atoms with Gasteiger partial charge in [0, 0.05) is 4.90 Å². The van der Waals surface area contributed by atoms with Crippen molar-refractivity contribution in [2.24, 2.45) is 11.7 Å². The van der Waals surface area contributed by atoms with E-state index in [1.807, 2.05) is 11.8 Å². The second-order valence-electron chi connectivity index (χ2n) is 5.24. The van der Waals surface area contributed by atoms with Crippen LogP contribution in [-0.4, -0.2) is 12.3 Å². The SMILES string of the molecule is Cc1ccc(CC(CN)CCSc2ccccc2)cc1. The third kappa shape index (κ3) is 5.03. The van der Waals surface area contributed by atoms with Crippen LogP contribution in [0.3, 0.4) is 0 Å². The fraction of sp³-hybridized carbons (Fsp3) is 0.333. The Kier molecular flexibility index (Phi) is 6.16. The molecule has 106 valence electrons. The molecule has 0 saturated carbocycles. The van der Waals surface area contributed by atoms with Gasteiger partial charge in [0.15, 0.2) is 0 Å². The molecule has 0 amide bonds. The van der Waals surface area contributed by atoms with E-state index in [0.29, 0.717) is 5.92 Å². The average molecular weight is 285 g/mol. The van der Waals surface area contributed by atoms with Gasteiger partial charge in [0.25, 0.3) is 0 Å². The van der Waals surface area contributed by atoms with Crippen molar-refractivity contribution in [3.05, 3.63) is 65.7 Å². The first kappa shape index (κ1) is 15.1. The van der Waals surface area contributed by atoms with Crippen molar-refractivity contribution in [1.29, 1.82) is 0 Å². The number of aryl methyl sites for hydroxylation is 1. The van der Waals surface area contributed by atoms with Crippen LogP contribution in [0.2, 0.25) is 0 Å². The van der Waals surface area contributed by atoms with Crippen molar-refractivity contribution in [3.8, 4) is 0 Å². The molecule has 0 saturated heterocycles. The summed E-state index contributed by atoms with van der Waals surface area (Å²) in [5, 5.41) is 0. The highest BCUT2D eigenvalue weighted by Crippen LogP contribution is 2.21. The quantitative estimate of drug-likeness (QED) is 0.768. The highest BCUT2D eigenvalue weighted by atomic mass is 32.2. The second kappa shape index (κ2) is 8.13. The predicted octanol–water partition coefficient (Wildman–Crippen LogP) is 4.29. The van der Waals surface area contributed by atoms with Crippen LogP contribution in [0.5, 0.6) is 0 Å². The largest absolute Gasteiger partial charge is 0.330 e. The lowest BCUT2D eigenvalue weighted by molar-refractivity contribution is 0.523. The zero-order valence-corrected chi connectivity index (χ0v) is 12.9. The maximum absolute atomic E-state index is 5.92. The Balaban J connectivity index is 1.79. The number of hydrogen-bond donors (Lipinski definition) is 1. The molecule has 2 aromatic rings. The number of benzene rings is 2. The Labute approximate surface area is 126 Å². The minimum atomic E-state index is 0.578. The number of hydrogen-bond acceptors (Lipinski definition) is 2. The van der Waals surface area contributed by atoms with Crippen LogP contribution in [0, 0.1) is 12.8 Å². The zero-order valence-electron chi connectivity index (χ0n) is 12.1. The first-order valence-corrected chi connectivity index (χ1v) is 8.20. The molecule has 2 aromatic carbocycles. The lowest BCUT2D eigenvalue weighted by atomic mass is 9.96. The van der Waals surface area contributed by atoms with Gasteiger partial charge in [-0.2, -0.15) is 0 Å². The van der Waals surface area contributed by atoms with Crippen LogP contribution in [0.15, 0.2) is 59.5 Å². The van der Waals surface area contributed by atoms with Crippen molar-refractivity contribution in [3.63, 3.8) is 0 Å². The predicted molar refractivity (Wildman–Crippen MR) is 89.2 cm³/mol. The summed E-state index contributed by atoms with van der Waals surface area (Å²) in [6.07, 6.45) is 2.26. The zero-order chi connectivity index (χ0) is 14.2. The Morgan fingerprint density at radius 1 is 1.00 bits per heavy atom. The average Bonchev–Trinajstić information content (AvgIpc) is 2.49. The lowest BCUT2D eigenvalue weighted by Gasteiger charge is -2.14. The molecule has 1 atom stereocenters. The molecule has 0 aliphatic carbocycles. The molecule has 2 rings (SSSR count). The molecule has 0 aliphatic heterocycles. The molecule has 0 radical (unpaired) electrons. The fourth-order valence-corrected chi connectivity index (χ4v) is 3.26. The molecule has 2 heteroatoms. The summed E-state index contributed by atoms with van der Waals surface area (Å²) in [6.45, 7) is 2.89. The van der Waals surface area contributed by atoms with E-state index in [9.17, 15) is 0 Å². The normalized spacial score (nSPS) is 12.3. The molecule has 0 spiro atoms. The Bertz CT molecular complexity index is 493. The van der Waals surface area contributed by atoms with Crippen LogP contribution in [0.4, 0.5) is 0 Å². The number of nitrogens with two attached hydrogens (primary N) is 1. The van der Waals surface area contributed by atoms with Crippen molar-refractivity contribution in [1.82, 2.24) is 0 Å². The van der Waals surface area contributed by atoms with E-state index in [1.54, 1.807) is 0 Å². The van der Waals surface area contributed by atoms with Gasteiger partial charge in [-0.3, -0.25) is 0 Å². The molecular formula is C18H23NS. The molecule has 0 heterocycles. The Hall–Kier alpha value is -1.25. The molecule has 20 heavy (non-hydrogen) atoms. The highest BCUT2D eigenvalue weighted by Gasteiger charge is 2.08. The lowest BCUT2D eigenvalue weighted by Crippen LogP contribution is -2.17. The van der Waals surface area contributed by atoms with Gasteiger partial charge >= 0.3 is 0 Å². The smallest absolute Gasteiger partial charge is 0.00719 e. The minimum Gasteiger partial charge on any atom is -0.330 e. The maximum atomic E-state index is 5.92. The van der Waals surface area contributed by atoms with E-state index < -0.39 is 0 Å². The van der Waals surface area contributed by atoms with Gasteiger partial charge in [0.05, 0.1) is 0 Å². The van der Waals surface area contributed by atoms with Gasteiger partial charge in [0.1, 0.15) is 0 Å². The molecule has 0 aliphatic rings. The van der Waals surface area contributed by atoms with Crippen LogP contribution in [0.1, 0.15) is 17.5 Å². The Morgan fingerprint density at radius 2 is 1.70 bits per heavy atom. The summed E-state index contributed by atoms with van der Waals surface area (Å²) in [6, 6.07) is 19.4. The van der Waals surface area contributed by atoms with Crippen LogP contribution in [-0.2, 0) is 6.42 Å². The van der Waals surface area contributed by atoms with E-state index in [1.165, 1.54) is 22.4 Å². The number of thioether (sulfide) groups is 1. The monoisotopic (exact) mass is 285 g/mol. The minimum absolute atomic E-state index is 0.578.